The molecule has 16 nitrogen and oxygen atoms in total. The minimum atomic E-state index is -4.26. The Balaban J connectivity index is 0.000000617. The molecule has 19 rings (SSSR count). The number of sulfone groups is 2. The Morgan fingerprint density at radius 2 is 0.347 bits per heavy atom. The van der Waals surface area contributed by atoms with Crippen molar-refractivity contribution in [3.05, 3.63) is 349 Å². The van der Waals surface area contributed by atoms with Crippen LogP contribution in [0.25, 0.3) is 0 Å². The van der Waals surface area contributed by atoms with Crippen molar-refractivity contribution >= 4 is 82.5 Å². The Bertz CT molecular complexity index is 3180. The third kappa shape index (κ3) is 22.9. The summed E-state index contributed by atoms with van der Waals surface area (Å²) in [5.41, 5.74) is 0.529. The Hall–Kier alpha value is -2.14. The summed E-state index contributed by atoms with van der Waals surface area (Å²) in [5, 5.41) is -0.0706. The first kappa shape index (κ1) is 86.5. The Morgan fingerprint density at radius 1 is 0.214 bits per heavy atom. The molecule has 0 spiro atoms. The van der Waals surface area contributed by atoms with Gasteiger partial charge in [0.1, 0.15) is 21.0 Å². The minimum absolute atomic E-state index is 0. The van der Waals surface area contributed by atoms with Gasteiger partial charge in [0.2, 0.25) is 59.8 Å². The van der Waals surface area contributed by atoms with Crippen molar-refractivity contribution < 1.29 is 119 Å². The van der Waals surface area contributed by atoms with Crippen LogP contribution >= 0.6 is 0 Å². The van der Waals surface area contributed by atoms with Crippen molar-refractivity contribution in [3.63, 3.8) is 0 Å². The first-order valence-electron chi connectivity index (χ1n) is 29.8. The first-order valence-corrected chi connectivity index (χ1v) is 38.5. The van der Waals surface area contributed by atoms with E-state index in [1.165, 1.54) is 148 Å². The summed E-state index contributed by atoms with van der Waals surface area (Å²) in [6, 6.07) is 21.0. The molecule has 15 aliphatic rings. The van der Waals surface area contributed by atoms with Crippen LogP contribution in [-0.2, 0) is 128 Å². The van der Waals surface area contributed by atoms with Gasteiger partial charge in [-0.3, -0.25) is 17.2 Å². The summed E-state index contributed by atoms with van der Waals surface area (Å²) in [4.78, 5) is -0.709. The van der Waals surface area contributed by atoms with Gasteiger partial charge in [0.15, 0.2) is 0 Å². The van der Waals surface area contributed by atoms with E-state index >= 15 is 0 Å². The van der Waals surface area contributed by atoms with Crippen molar-refractivity contribution in [3.8, 4) is 0 Å². The molecule has 4 aromatic carbocycles. The van der Waals surface area contributed by atoms with Crippen molar-refractivity contribution in [2.45, 2.75) is 45.3 Å². The maximum atomic E-state index is 14.2. The van der Waals surface area contributed by atoms with Gasteiger partial charge >= 0.3 is 68.3 Å². The Labute approximate surface area is 633 Å². The first-order chi connectivity index (χ1) is 45.2. The molecule has 0 amide bonds. The molecule has 0 atom stereocenters. The zero-order chi connectivity index (χ0) is 66.7. The van der Waals surface area contributed by atoms with Crippen LogP contribution in [0.4, 0.5) is 22.7 Å². The predicted molar refractivity (Wildman–Crippen MR) is 368 cm³/mol. The molecule has 8 bridgehead atoms. The zero-order valence-electron chi connectivity index (χ0n) is 52.2. The van der Waals surface area contributed by atoms with E-state index in [-0.39, 0.29) is 183 Å². The van der Waals surface area contributed by atoms with Crippen LogP contribution in [0.2, 0.25) is 0 Å². The van der Waals surface area contributed by atoms with Gasteiger partial charge in [0, 0.05) is 26.2 Å². The van der Waals surface area contributed by atoms with Gasteiger partial charge in [-0.15, -0.1) is 0 Å². The second kappa shape index (κ2) is 41.5. The van der Waals surface area contributed by atoms with Crippen LogP contribution in [0.1, 0.15) is 25.7 Å². The van der Waals surface area contributed by atoms with Gasteiger partial charge in [0.25, 0.3) is 0 Å². The van der Waals surface area contributed by atoms with Gasteiger partial charge in [0.05, 0.1) is 42.3 Å². The van der Waals surface area contributed by atoms with Crippen molar-refractivity contribution in [1.82, 2.24) is 0 Å². The standard InChI is InChI=1S/C52H48N4O12S6.4C5H5.4Fe/c57-69(58)45-29-21-41(22-30-45)53(71(61,62)49-13-1-2-14-49)37-9-10-38-54(72(63,64)50-15-3-4-16-50)42-23-33-47(34-24-42)70(59,60)48-35-27-44(28-36-48)56(74(67,68)52-19-7-8-20-52)40-12-11-39-55(43-25-31-46(69)32-26-43)73(65,66)51-17-5-6-18-51;4*1-2-4-5-3-1;;;;/h1-8,13-36H,9-12,37-40H2;4*1-5H;;;;/q;;;;;4*+2. The molecule has 0 unspecified atom stereocenters. The fourth-order valence-electron chi connectivity index (χ4n) is 9.92. The molecule has 8 aliphatic carbocycles. The molecular weight excluding hydrogens is 1530 g/mol. The number of rotatable bonds is 8. The number of anilines is 4. The molecule has 40 radical (unpaired) electrons. The number of benzene rings is 4. The Kier molecular flexibility index (Phi) is 36.7. The summed E-state index contributed by atoms with van der Waals surface area (Å²) >= 11 is 0. The maximum absolute atomic E-state index is 14.2. The molecule has 7 aliphatic heterocycles. The smallest absolute Gasteiger partial charge is 0.270 e. The topological polar surface area (TPSA) is 218 Å². The SMILES string of the molecule is O=S1(=O)c2ccc(cc2)N(S(=O)(=O)[C]2[CH][CH][CH][CH]2)CCCCN(S(=O)(=O)[C]2[CH][CH][CH][CH]2)c2ccc(cc2)S(=O)(=O)c2ccc(cc2)N(S(=O)(=O)[C]2[CH][CH][CH][CH]2)CCCCN(S(=O)(=O)[C]2[CH][CH][CH][CH]2)c2ccc1cc2.[CH]1[CH][CH][CH][CH]1.[CH]1[CH][CH][CH][CH]1.[CH]1[CH][CH][CH][CH]1.[CH]1[CH][CH][CH][CH]1.[Fe+2].[Fe+2].[Fe+2].[Fe+2]. The number of sulfonamides is 4. The molecule has 8 fully saturated rings. The minimum Gasteiger partial charge on any atom is -0.270 e. The van der Waals surface area contributed by atoms with Crippen molar-refractivity contribution in [2.75, 3.05) is 43.4 Å². The van der Waals surface area contributed by atoms with E-state index in [0.717, 1.165) is 17.2 Å². The monoisotopic (exact) mass is 1600 g/mol. The fraction of sp³-hybridized carbons (Fsp3) is 0.111. The van der Waals surface area contributed by atoms with Crippen LogP contribution in [0.5, 0.6) is 0 Å². The number of hydrogen-bond acceptors (Lipinski definition) is 12. The second-order valence-corrected chi connectivity index (χ2v) is 32.4. The normalized spacial score (nSPS) is 21.4. The van der Waals surface area contributed by atoms with Gasteiger partial charge in [-0.2, -0.15) is 0 Å². The van der Waals surface area contributed by atoms with E-state index in [1.54, 1.807) is 51.4 Å². The van der Waals surface area contributed by atoms with Crippen molar-refractivity contribution in [2.24, 2.45) is 0 Å². The van der Waals surface area contributed by atoms with Crippen molar-refractivity contribution in [1.29, 1.82) is 0 Å². The average Bonchev–Trinajstić information content (AvgIpc) is 0.867. The average molecular weight is 1600 g/mol. The summed E-state index contributed by atoms with van der Waals surface area (Å²) in [6.07, 6.45) is 64.4. The van der Waals surface area contributed by atoms with Crippen LogP contribution < -0.4 is 17.2 Å². The van der Waals surface area contributed by atoms with Gasteiger partial charge in [-0.05, 0) is 354 Å². The van der Waals surface area contributed by atoms with Crippen LogP contribution in [0, 0.1) is 252 Å². The maximum Gasteiger partial charge on any atom is 2.00 e. The molecule has 508 valence electrons. The largest absolute Gasteiger partial charge is 2.00 e. The molecule has 0 saturated heterocycles. The van der Waals surface area contributed by atoms with E-state index < -0.39 is 59.8 Å². The summed E-state index contributed by atoms with van der Waals surface area (Å²) < 4.78 is 174. The molecule has 4 aromatic rings. The molecule has 26 heteroatoms. The predicted octanol–water partition coefficient (Wildman–Crippen LogP) is 10.7. The Morgan fingerprint density at radius 3 is 0.480 bits per heavy atom. The van der Waals surface area contributed by atoms with E-state index in [9.17, 15) is 50.5 Å². The second-order valence-electron chi connectivity index (χ2n) is 21.0. The molecular formula is C72H68Fe4N4O12S6+8. The van der Waals surface area contributed by atoms with E-state index in [1.807, 2.05) is 128 Å². The van der Waals surface area contributed by atoms with Gasteiger partial charge in [-0.1, -0.05) is 0 Å². The third-order valence-electron chi connectivity index (χ3n) is 14.8. The van der Waals surface area contributed by atoms with Crippen LogP contribution in [0.3, 0.4) is 0 Å². The third-order valence-corrected chi connectivity index (χ3v) is 25.7. The quantitative estimate of drug-likeness (QED) is 0.151. The zero-order valence-corrected chi connectivity index (χ0v) is 61.5. The molecule has 0 N–H and O–H groups in total. The van der Waals surface area contributed by atoms with E-state index in [2.05, 4.69) is 0 Å². The fourth-order valence-corrected chi connectivity index (χ4v) is 18.5. The van der Waals surface area contributed by atoms with E-state index in [0.29, 0.717) is 0 Å². The van der Waals surface area contributed by atoms with Crippen LogP contribution in [-0.4, -0.2) is 76.7 Å². The molecule has 0 aromatic heterocycles. The van der Waals surface area contributed by atoms with E-state index in [4.69, 9.17) is 0 Å². The van der Waals surface area contributed by atoms with Crippen LogP contribution in [0.15, 0.2) is 117 Å². The summed E-state index contributed by atoms with van der Waals surface area (Å²) in [6.45, 7) is -0.601. The summed E-state index contributed by atoms with van der Waals surface area (Å²) in [7, 11) is -25.4. The van der Waals surface area contributed by atoms with Gasteiger partial charge < -0.3 is 0 Å². The number of nitrogens with zero attached hydrogens (tertiary/aromatic N) is 4. The summed E-state index contributed by atoms with van der Waals surface area (Å²) in [5.74, 6) is 0. The number of hydrogen-bond donors (Lipinski definition) is 0. The molecule has 98 heavy (non-hydrogen) atoms. The molecule has 7 heterocycles. The molecule has 8 saturated carbocycles. The van der Waals surface area contributed by atoms with Gasteiger partial charge in [-0.25, -0.2) is 50.5 Å².